The standard InChI is InChI=1S/C30H50O/c1-19(2)20-11-14-27(5)17-18-29(7)21(25(20)27)9-10-23-28(6)15-13-24(31)26(3,4)22(28)12-16-30(23,29)8/h21-25,31H,9-18H2,1-8H3. The van der Waals surface area contributed by atoms with E-state index in [0.29, 0.717) is 27.6 Å². The number of allylic oxidation sites excluding steroid dienone is 2. The Kier molecular flexibility index (Phi) is 4.82. The van der Waals surface area contributed by atoms with Crippen molar-refractivity contribution in [3.05, 3.63) is 11.1 Å². The van der Waals surface area contributed by atoms with Gasteiger partial charge in [0, 0.05) is 0 Å². The average Bonchev–Trinajstić information content (AvgIpc) is 3.04. The van der Waals surface area contributed by atoms with E-state index in [4.69, 9.17) is 0 Å². The zero-order valence-electron chi connectivity index (χ0n) is 21.9. The van der Waals surface area contributed by atoms with Crippen LogP contribution in [0, 0.1) is 50.7 Å². The molecule has 0 spiro atoms. The van der Waals surface area contributed by atoms with Gasteiger partial charge in [-0.3, -0.25) is 0 Å². The summed E-state index contributed by atoms with van der Waals surface area (Å²) in [5.74, 6) is 3.22. The number of aliphatic hydroxyl groups is 1. The molecule has 176 valence electrons. The Balaban J connectivity index is 1.56. The summed E-state index contributed by atoms with van der Waals surface area (Å²) < 4.78 is 0. The highest BCUT2D eigenvalue weighted by molar-refractivity contribution is 5.28. The maximum absolute atomic E-state index is 10.9. The molecule has 1 heteroatoms. The van der Waals surface area contributed by atoms with Crippen molar-refractivity contribution >= 4 is 0 Å². The number of hydrogen-bond acceptors (Lipinski definition) is 1. The molecule has 0 heterocycles. The molecule has 31 heavy (non-hydrogen) atoms. The molecule has 5 aliphatic carbocycles. The monoisotopic (exact) mass is 426 g/mol. The normalized spacial score (nSPS) is 55.6. The third kappa shape index (κ3) is 2.65. The lowest BCUT2D eigenvalue weighted by Gasteiger charge is -2.72. The molecule has 5 fully saturated rings. The van der Waals surface area contributed by atoms with Crippen LogP contribution in [-0.2, 0) is 0 Å². The molecule has 1 N–H and O–H groups in total. The van der Waals surface area contributed by atoms with E-state index in [-0.39, 0.29) is 11.5 Å². The lowest BCUT2D eigenvalue weighted by molar-refractivity contribution is -0.242. The van der Waals surface area contributed by atoms with Crippen molar-refractivity contribution in [2.45, 2.75) is 126 Å². The van der Waals surface area contributed by atoms with Crippen LogP contribution in [0.2, 0.25) is 0 Å². The Morgan fingerprint density at radius 3 is 2.13 bits per heavy atom. The molecule has 0 amide bonds. The maximum Gasteiger partial charge on any atom is 0.0594 e. The molecular formula is C30H50O. The first-order valence-electron chi connectivity index (χ1n) is 13.7. The van der Waals surface area contributed by atoms with Crippen molar-refractivity contribution in [3.8, 4) is 0 Å². The van der Waals surface area contributed by atoms with Gasteiger partial charge in [-0.15, -0.1) is 0 Å². The first-order chi connectivity index (χ1) is 14.3. The highest BCUT2D eigenvalue weighted by Crippen LogP contribution is 2.77. The van der Waals surface area contributed by atoms with Crippen molar-refractivity contribution < 1.29 is 5.11 Å². The lowest BCUT2D eigenvalue weighted by Crippen LogP contribution is -2.66. The second-order valence-corrected chi connectivity index (χ2v) is 14.7. The predicted molar refractivity (Wildman–Crippen MR) is 131 cm³/mol. The van der Waals surface area contributed by atoms with E-state index in [1.54, 1.807) is 5.57 Å². The van der Waals surface area contributed by atoms with Crippen LogP contribution in [0.25, 0.3) is 0 Å². The summed E-state index contributed by atoms with van der Waals surface area (Å²) in [6.45, 7) is 20.3. The topological polar surface area (TPSA) is 20.2 Å². The van der Waals surface area contributed by atoms with E-state index < -0.39 is 0 Å². The summed E-state index contributed by atoms with van der Waals surface area (Å²) >= 11 is 0. The number of rotatable bonds is 0. The fraction of sp³-hybridized carbons (Fsp3) is 0.933. The maximum atomic E-state index is 10.9. The van der Waals surface area contributed by atoms with Crippen LogP contribution >= 0.6 is 0 Å². The fourth-order valence-electron chi connectivity index (χ4n) is 11.2. The van der Waals surface area contributed by atoms with E-state index in [9.17, 15) is 5.11 Å². The Hall–Kier alpha value is -0.300. The molecule has 5 rings (SSSR count). The summed E-state index contributed by atoms with van der Waals surface area (Å²) in [4.78, 5) is 0. The minimum Gasteiger partial charge on any atom is -0.393 e. The van der Waals surface area contributed by atoms with Crippen LogP contribution in [0.5, 0.6) is 0 Å². The summed E-state index contributed by atoms with van der Waals surface area (Å²) in [6.07, 6.45) is 13.4. The Morgan fingerprint density at radius 2 is 1.45 bits per heavy atom. The molecular weight excluding hydrogens is 376 g/mol. The van der Waals surface area contributed by atoms with Gasteiger partial charge in [0.25, 0.3) is 0 Å². The molecule has 0 saturated heterocycles. The molecule has 9 atom stereocenters. The molecule has 0 aromatic carbocycles. The van der Waals surface area contributed by atoms with E-state index in [1.165, 1.54) is 57.8 Å². The van der Waals surface area contributed by atoms with Gasteiger partial charge in [0.1, 0.15) is 0 Å². The van der Waals surface area contributed by atoms with Crippen LogP contribution in [-0.4, -0.2) is 11.2 Å². The van der Waals surface area contributed by atoms with Crippen LogP contribution < -0.4 is 0 Å². The van der Waals surface area contributed by atoms with Crippen molar-refractivity contribution in [1.82, 2.24) is 0 Å². The highest BCUT2D eigenvalue weighted by Gasteiger charge is 2.69. The predicted octanol–water partition coefficient (Wildman–Crippen LogP) is 8.17. The van der Waals surface area contributed by atoms with E-state index in [1.807, 2.05) is 5.57 Å². The third-order valence-corrected chi connectivity index (χ3v) is 13.3. The Labute approximate surface area is 192 Å². The van der Waals surface area contributed by atoms with Gasteiger partial charge in [-0.25, -0.2) is 0 Å². The van der Waals surface area contributed by atoms with Gasteiger partial charge < -0.3 is 5.11 Å². The van der Waals surface area contributed by atoms with Crippen LogP contribution in [0.15, 0.2) is 11.1 Å². The number of fused-ring (bicyclic) bond motifs is 7. The molecule has 5 saturated carbocycles. The van der Waals surface area contributed by atoms with Gasteiger partial charge in [-0.2, -0.15) is 0 Å². The zero-order chi connectivity index (χ0) is 22.6. The smallest absolute Gasteiger partial charge is 0.0594 e. The fourth-order valence-corrected chi connectivity index (χ4v) is 11.2. The van der Waals surface area contributed by atoms with Crippen molar-refractivity contribution in [2.24, 2.45) is 50.7 Å². The van der Waals surface area contributed by atoms with Gasteiger partial charge in [0.05, 0.1) is 6.10 Å². The summed E-state index contributed by atoms with van der Waals surface area (Å²) in [5, 5.41) is 10.9. The van der Waals surface area contributed by atoms with E-state index >= 15 is 0 Å². The Morgan fingerprint density at radius 1 is 0.742 bits per heavy atom. The van der Waals surface area contributed by atoms with E-state index in [2.05, 4.69) is 55.4 Å². The Bertz CT molecular complexity index is 788. The van der Waals surface area contributed by atoms with Gasteiger partial charge >= 0.3 is 0 Å². The minimum absolute atomic E-state index is 0.0674. The molecule has 0 radical (unpaired) electrons. The van der Waals surface area contributed by atoms with Gasteiger partial charge in [-0.1, -0.05) is 52.7 Å². The van der Waals surface area contributed by atoms with Gasteiger partial charge in [0.2, 0.25) is 0 Å². The highest BCUT2D eigenvalue weighted by atomic mass is 16.3. The third-order valence-electron chi connectivity index (χ3n) is 13.3. The van der Waals surface area contributed by atoms with Crippen LogP contribution in [0.4, 0.5) is 0 Å². The first kappa shape index (κ1) is 22.5. The van der Waals surface area contributed by atoms with Gasteiger partial charge in [0.15, 0.2) is 0 Å². The number of hydrogen-bond donors (Lipinski definition) is 1. The summed E-state index contributed by atoms with van der Waals surface area (Å²) in [5.41, 5.74) is 5.43. The molecule has 0 aromatic rings. The largest absolute Gasteiger partial charge is 0.393 e. The van der Waals surface area contributed by atoms with Crippen molar-refractivity contribution in [3.63, 3.8) is 0 Å². The first-order valence-corrected chi connectivity index (χ1v) is 13.7. The second-order valence-electron chi connectivity index (χ2n) is 14.7. The van der Waals surface area contributed by atoms with E-state index in [0.717, 1.165) is 24.2 Å². The molecule has 5 aliphatic rings. The van der Waals surface area contributed by atoms with Crippen molar-refractivity contribution in [2.75, 3.05) is 0 Å². The SMILES string of the molecule is CC(C)=C1CCC2(C)CCC3(C)C(CCC4C5(C)CCC(O)C(C)(C)C5CCC43C)C12. The molecule has 0 aliphatic heterocycles. The molecule has 9 unspecified atom stereocenters. The van der Waals surface area contributed by atoms with Crippen LogP contribution in [0.3, 0.4) is 0 Å². The molecule has 0 aromatic heterocycles. The second kappa shape index (κ2) is 6.64. The van der Waals surface area contributed by atoms with Crippen LogP contribution in [0.1, 0.15) is 120 Å². The number of aliphatic hydroxyl groups excluding tert-OH is 1. The van der Waals surface area contributed by atoms with Crippen molar-refractivity contribution in [1.29, 1.82) is 0 Å². The molecule has 1 nitrogen and oxygen atoms in total. The average molecular weight is 427 g/mol. The summed E-state index contributed by atoms with van der Waals surface area (Å²) in [6, 6.07) is 0. The summed E-state index contributed by atoms with van der Waals surface area (Å²) in [7, 11) is 0. The lowest BCUT2D eigenvalue weighted by atomic mass is 9.32. The van der Waals surface area contributed by atoms with Gasteiger partial charge in [-0.05, 0) is 129 Å². The minimum atomic E-state index is -0.115. The zero-order valence-corrected chi connectivity index (χ0v) is 21.9. The molecule has 0 bridgehead atoms. The quantitative estimate of drug-likeness (QED) is 0.387.